The van der Waals surface area contributed by atoms with Gasteiger partial charge in [-0.15, -0.1) is 0 Å². The van der Waals surface area contributed by atoms with E-state index < -0.39 is 0 Å². The first-order valence-corrected chi connectivity index (χ1v) is 7.57. The van der Waals surface area contributed by atoms with Gasteiger partial charge in [0.1, 0.15) is 5.82 Å². The number of piperidine rings is 1. The molecule has 0 amide bonds. The first-order valence-electron chi connectivity index (χ1n) is 7.57. The summed E-state index contributed by atoms with van der Waals surface area (Å²) in [5.74, 6) is 1.55. The third-order valence-corrected chi connectivity index (χ3v) is 4.32. The van der Waals surface area contributed by atoms with Gasteiger partial charge in [-0.3, -0.25) is 4.79 Å². The van der Waals surface area contributed by atoms with Crippen LogP contribution in [0, 0.1) is 0 Å². The van der Waals surface area contributed by atoms with Gasteiger partial charge in [0.2, 0.25) is 0 Å². The van der Waals surface area contributed by atoms with E-state index in [1.807, 2.05) is 24.4 Å². The van der Waals surface area contributed by atoms with Crippen LogP contribution < -0.4 is 15.4 Å². The van der Waals surface area contributed by atoms with Crippen LogP contribution in [0.25, 0.3) is 0 Å². The maximum atomic E-state index is 12.1. The maximum Gasteiger partial charge on any atom is 0.293 e. The minimum absolute atomic E-state index is 0.0287. The second kappa shape index (κ2) is 6.17. The standard InChI is InChI=1S/C16H21N5O/c1-19-12-9-18-15(16(19)22)21-10-6-13(7-11-21)20(2)14-5-3-4-8-17-14/h3-5,8-9,12-13H,6-7,10-11H2,1-2H3. The topological polar surface area (TPSA) is 54.3 Å². The van der Waals surface area contributed by atoms with E-state index in [1.165, 1.54) is 0 Å². The summed E-state index contributed by atoms with van der Waals surface area (Å²) in [6, 6.07) is 6.40. The highest BCUT2D eigenvalue weighted by atomic mass is 16.1. The van der Waals surface area contributed by atoms with Crippen molar-refractivity contribution in [3.63, 3.8) is 0 Å². The Morgan fingerprint density at radius 2 is 1.95 bits per heavy atom. The van der Waals surface area contributed by atoms with Crippen molar-refractivity contribution in [2.24, 2.45) is 7.05 Å². The van der Waals surface area contributed by atoms with Crippen LogP contribution in [0.4, 0.5) is 11.6 Å². The van der Waals surface area contributed by atoms with Crippen molar-refractivity contribution >= 4 is 11.6 Å². The number of rotatable bonds is 3. The van der Waals surface area contributed by atoms with Crippen molar-refractivity contribution in [3.05, 3.63) is 47.1 Å². The Morgan fingerprint density at radius 3 is 2.64 bits per heavy atom. The van der Waals surface area contributed by atoms with Crippen LogP contribution in [-0.2, 0) is 7.05 Å². The van der Waals surface area contributed by atoms with E-state index in [1.54, 1.807) is 24.0 Å². The molecule has 0 unspecified atom stereocenters. The molecule has 1 saturated heterocycles. The van der Waals surface area contributed by atoms with Crippen LogP contribution in [0.15, 0.2) is 41.6 Å². The molecule has 1 aliphatic rings. The summed E-state index contributed by atoms with van der Waals surface area (Å²) in [4.78, 5) is 25.1. The molecule has 0 saturated carbocycles. The number of pyridine rings is 1. The fourth-order valence-electron chi connectivity index (χ4n) is 2.92. The predicted molar refractivity (Wildman–Crippen MR) is 87.4 cm³/mol. The van der Waals surface area contributed by atoms with Gasteiger partial charge in [0.25, 0.3) is 5.56 Å². The quantitative estimate of drug-likeness (QED) is 0.854. The summed E-state index contributed by atoms with van der Waals surface area (Å²) in [5.41, 5.74) is -0.0287. The molecule has 6 nitrogen and oxygen atoms in total. The van der Waals surface area contributed by atoms with Gasteiger partial charge in [-0.1, -0.05) is 6.07 Å². The number of anilines is 2. The highest BCUT2D eigenvalue weighted by molar-refractivity contribution is 5.40. The Morgan fingerprint density at radius 1 is 1.18 bits per heavy atom. The van der Waals surface area contributed by atoms with Gasteiger partial charge in [-0.25, -0.2) is 9.97 Å². The summed E-state index contributed by atoms with van der Waals surface area (Å²) < 4.78 is 1.58. The van der Waals surface area contributed by atoms with Crippen molar-refractivity contribution < 1.29 is 0 Å². The summed E-state index contributed by atoms with van der Waals surface area (Å²) in [5, 5.41) is 0. The molecule has 22 heavy (non-hydrogen) atoms. The smallest absolute Gasteiger partial charge is 0.293 e. The van der Waals surface area contributed by atoms with Gasteiger partial charge in [0.05, 0.1) is 0 Å². The van der Waals surface area contributed by atoms with Crippen molar-refractivity contribution in [2.75, 3.05) is 29.9 Å². The summed E-state index contributed by atoms with van der Waals surface area (Å²) >= 11 is 0. The lowest BCUT2D eigenvalue weighted by atomic mass is 10.0. The lowest BCUT2D eigenvalue weighted by Crippen LogP contribution is -2.45. The molecule has 1 aliphatic heterocycles. The number of hydrogen-bond donors (Lipinski definition) is 0. The summed E-state index contributed by atoms with van der Waals surface area (Å²) in [6.45, 7) is 1.68. The van der Waals surface area contributed by atoms with Gasteiger partial charge in [0, 0.05) is 51.8 Å². The van der Waals surface area contributed by atoms with Crippen LogP contribution >= 0.6 is 0 Å². The van der Waals surface area contributed by atoms with E-state index >= 15 is 0 Å². The highest BCUT2D eigenvalue weighted by Gasteiger charge is 2.25. The number of aromatic nitrogens is 3. The van der Waals surface area contributed by atoms with E-state index in [4.69, 9.17) is 0 Å². The normalized spacial score (nSPS) is 15.8. The Balaban J connectivity index is 1.68. The molecular weight excluding hydrogens is 278 g/mol. The fourth-order valence-corrected chi connectivity index (χ4v) is 2.92. The Labute approximate surface area is 130 Å². The molecule has 0 aliphatic carbocycles. The van der Waals surface area contributed by atoms with E-state index in [2.05, 4.69) is 26.8 Å². The molecule has 116 valence electrons. The molecule has 3 heterocycles. The van der Waals surface area contributed by atoms with Gasteiger partial charge in [-0.05, 0) is 25.0 Å². The van der Waals surface area contributed by atoms with Crippen molar-refractivity contribution in [2.45, 2.75) is 18.9 Å². The minimum atomic E-state index is -0.0287. The average molecular weight is 299 g/mol. The molecule has 0 N–H and O–H groups in total. The SMILES string of the molecule is CN(c1ccccn1)C1CCN(c2nccn(C)c2=O)CC1. The molecule has 0 spiro atoms. The van der Waals surface area contributed by atoms with Crippen LogP contribution in [0.5, 0.6) is 0 Å². The first-order chi connectivity index (χ1) is 10.7. The third kappa shape index (κ3) is 2.81. The zero-order chi connectivity index (χ0) is 15.5. The molecule has 0 radical (unpaired) electrons. The number of nitrogens with zero attached hydrogens (tertiary/aromatic N) is 5. The van der Waals surface area contributed by atoms with Crippen LogP contribution in [0.2, 0.25) is 0 Å². The fraction of sp³-hybridized carbons (Fsp3) is 0.438. The largest absolute Gasteiger partial charge is 0.357 e. The van der Waals surface area contributed by atoms with Crippen LogP contribution in [0.1, 0.15) is 12.8 Å². The molecule has 0 aromatic carbocycles. The first kappa shape index (κ1) is 14.6. The van der Waals surface area contributed by atoms with Crippen LogP contribution in [-0.4, -0.2) is 40.7 Å². The summed E-state index contributed by atoms with van der Waals surface area (Å²) in [7, 11) is 3.84. The van der Waals surface area contributed by atoms with E-state index in [-0.39, 0.29) is 5.56 Å². The molecule has 0 bridgehead atoms. The number of hydrogen-bond acceptors (Lipinski definition) is 5. The third-order valence-electron chi connectivity index (χ3n) is 4.32. The molecule has 6 heteroatoms. The zero-order valence-electron chi connectivity index (χ0n) is 13.0. The minimum Gasteiger partial charge on any atom is -0.357 e. The van der Waals surface area contributed by atoms with Gasteiger partial charge in [-0.2, -0.15) is 0 Å². The summed E-state index contributed by atoms with van der Waals surface area (Å²) in [6.07, 6.45) is 7.18. The molecule has 2 aromatic rings. The van der Waals surface area contributed by atoms with E-state index in [0.29, 0.717) is 11.9 Å². The second-order valence-electron chi connectivity index (χ2n) is 5.68. The average Bonchev–Trinajstić information content (AvgIpc) is 2.58. The Hall–Kier alpha value is -2.37. The molecular formula is C16H21N5O. The monoisotopic (exact) mass is 299 g/mol. The van der Waals surface area contributed by atoms with Gasteiger partial charge >= 0.3 is 0 Å². The predicted octanol–water partition coefficient (Wildman–Crippen LogP) is 1.28. The zero-order valence-corrected chi connectivity index (χ0v) is 13.0. The van der Waals surface area contributed by atoms with E-state index in [0.717, 1.165) is 31.7 Å². The Kier molecular flexibility index (Phi) is 4.09. The van der Waals surface area contributed by atoms with Gasteiger partial charge in [0.15, 0.2) is 5.82 Å². The highest BCUT2D eigenvalue weighted by Crippen LogP contribution is 2.21. The molecule has 3 rings (SSSR count). The maximum absolute atomic E-state index is 12.1. The van der Waals surface area contributed by atoms with Crippen LogP contribution in [0.3, 0.4) is 0 Å². The number of aryl methyl sites for hydroxylation is 1. The van der Waals surface area contributed by atoms with E-state index in [9.17, 15) is 4.79 Å². The lowest BCUT2D eigenvalue weighted by molar-refractivity contribution is 0.476. The molecule has 2 aromatic heterocycles. The van der Waals surface area contributed by atoms with Gasteiger partial charge < -0.3 is 14.4 Å². The molecule has 1 fully saturated rings. The second-order valence-corrected chi connectivity index (χ2v) is 5.68. The van der Waals surface area contributed by atoms with Crippen molar-refractivity contribution in [3.8, 4) is 0 Å². The lowest BCUT2D eigenvalue weighted by Gasteiger charge is -2.37. The Bertz CT molecular complexity index is 676. The van der Waals surface area contributed by atoms with Crippen molar-refractivity contribution in [1.82, 2.24) is 14.5 Å². The van der Waals surface area contributed by atoms with Crippen molar-refractivity contribution in [1.29, 1.82) is 0 Å². The molecule has 0 atom stereocenters.